The van der Waals surface area contributed by atoms with Gasteiger partial charge in [0.2, 0.25) is 5.91 Å². The number of nitrogens with one attached hydrogen (secondary N) is 1. The smallest absolute Gasteiger partial charge is 0.244 e. The molecule has 0 spiro atoms. The molecule has 30 heavy (non-hydrogen) atoms. The Labute approximate surface area is 188 Å². The molecule has 0 aliphatic rings. The summed E-state index contributed by atoms with van der Waals surface area (Å²) >= 11 is 9.46. The molecule has 0 radical (unpaired) electrons. The summed E-state index contributed by atoms with van der Waals surface area (Å²) in [5.41, 5.74) is 5.34. The Hall–Kier alpha value is -3.14. The van der Waals surface area contributed by atoms with Crippen LogP contribution in [0.3, 0.4) is 0 Å². The van der Waals surface area contributed by atoms with Crippen molar-refractivity contribution in [2.24, 2.45) is 5.10 Å². The van der Waals surface area contributed by atoms with Crippen LogP contribution in [-0.2, 0) is 17.8 Å². The van der Waals surface area contributed by atoms with E-state index < -0.39 is 0 Å². The minimum Gasteiger partial charge on any atom is -0.488 e. The van der Waals surface area contributed by atoms with Crippen molar-refractivity contribution in [2.75, 3.05) is 0 Å². The number of carbonyl (C=O) groups is 1. The van der Waals surface area contributed by atoms with Crippen LogP contribution in [0, 0.1) is 11.3 Å². The lowest BCUT2D eigenvalue weighted by atomic mass is 10.1. The highest BCUT2D eigenvalue weighted by Crippen LogP contribution is 2.23. The number of nitrogens with zero attached hydrogens (tertiary/aromatic N) is 2. The van der Waals surface area contributed by atoms with E-state index in [4.69, 9.17) is 16.3 Å². The van der Waals surface area contributed by atoms with Gasteiger partial charge in [0.25, 0.3) is 0 Å². The van der Waals surface area contributed by atoms with Crippen LogP contribution in [0.5, 0.6) is 5.75 Å². The first kappa shape index (κ1) is 21.6. The molecule has 0 unspecified atom stereocenters. The highest BCUT2D eigenvalue weighted by Gasteiger charge is 2.07. The molecule has 150 valence electrons. The molecule has 3 aromatic rings. The van der Waals surface area contributed by atoms with Crippen molar-refractivity contribution in [2.45, 2.75) is 13.0 Å². The summed E-state index contributed by atoms with van der Waals surface area (Å²) in [6.07, 6.45) is 1.70. The van der Waals surface area contributed by atoms with E-state index in [-0.39, 0.29) is 18.9 Å². The Bertz CT molecular complexity index is 1110. The van der Waals surface area contributed by atoms with E-state index in [2.05, 4.69) is 32.5 Å². The molecule has 0 bridgehead atoms. The highest BCUT2D eigenvalue weighted by atomic mass is 79.9. The molecular weight excluding hydrogens is 466 g/mol. The van der Waals surface area contributed by atoms with Gasteiger partial charge in [-0.3, -0.25) is 4.79 Å². The maximum Gasteiger partial charge on any atom is 0.244 e. The molecule has 0 saturated carbocycles. The molecule has 0 aromatic heterocycles. The Balaban J connectivity index is 1.65. The van der Waals surface area contributed by atoms with Crippen molar-refractivity contribution in [3.63, 3.8) is 0 Å². The van der Waals surface area contributed by atoms with Crippen molar-refractivity contribution < 1.29 is 9.53 Å². The molecule has 1 N–H and O–H groups in total. The summed E-state index contributed by atoms with van der Waals surface area (Å²) in [6.45, 7) is 0.224. The maximum atomic E-state index is 12.1. The molecule has 3 aromatic carbocycles. The lowest BCUT2D eigenvalue weighted by Crippen LogP contribution is -2.19. The zero-order valence-corrected chi connectivity index (χ0v) is 18.2. The molecule has 0 heterocycles. The molecule has 0 atom stereocenters. The van der Waals surface area contributed by atoms with Crippen LogP contribution < -0.4 is 10.2 Å². The molecule has 0 saturated heterocycles. The van der Waals surface area contributed by atoms with Crippen LogP contribution in [0.15, 0.2) is 76.3 Å². The minimum absolute atomic E-state index is 0.217. The second-order valence-corrected chi connectivity index (χ2v) is 7.69. The molecule has 0 aliphatic carbocycles. The van der Waals surface area contributed by atoms with Gasteiger partial charge in [-0.2, -0.15) is 10.4 Å². The quantitative estimate of drug-likeness (QED) is 0.369. The molecule has 1 amide bonds. The summed E-state index contributed by atoms with van der Waals surface area (Å²) in [5, 5.41) is 13.7. The monoisotopic (exact) mass is 481 g/mol. The number of amides is 1. The first-order valence-electron chi connectivity index (χ1n) is 9.02. The number of nitriles is 1. The second-order valence-electron chi connectivity index (χ2n) is 6.34. The molecule has 3 rings (SSSR count). The molecule has 7 heteroatoms. The van der Waals surface area contributed by atoms with E-state index in [1.165, 1.54) is 6.21 Å². The average molecular weight is 483 g/mol. The van der Waals surface area contributed by atoms with E-state index in [1.54, 1.807) is 30.3 Å². The lowest BCUT2D eigenvalue weighted by Gasteiger charge is -2.10. The largest absolute Gasteiger partial charge is 0.488 e. The lowest BCUT2D eigenvalue weighted by molar-refractivity contribution is -0.120. The Kier molecular flexibility index (Phi) is 7.61. The van der Waals surface area contributed by atoms with Crippen molar-refractivity contribution in [1.82, 2.24) is 5.43 Å². The predicted octanol–water partition coefficient (Wildman–Crippen LogP) is 5.25. The second kappa shape index (κ2) is 10.6. The summed E-state index contributed by atoms with van der Waals surface area (Å²) < 4.78 is 6.82. The van der Waals surface area contributed by atoms with Gasteiger partial charge < -0.3 is 4.74 Å². The Morgan fingerprint density at radius 2 is 1.93 bits per heavy atom. The van der Waals surface area contributed by atoms with Gasteiger partial charge in [0.1, 0.15) is 12.4 Å². The summed E-state index contributed by atoms with van der Waals surface area (Å²) in [7, 11) is 0. The number of halogens is 2. The van der Waals surface area contributed by atoms with E-state index in [9.17, 15) is 10.1 Å². The van der Waals surface area contributed by atoms with Gasteiger partial charge in [0.15, 0.2) is 0 Å². The van der Waals surface area contributed by atoms with Crippen molar-refractivity contribution in [1.29, 1.82) is 5.26 Å². The number of rotatable bonds is 7. The van der Waals surface area contributed by atoms with Crippen LogP contribution in [0.4, 0.5) is 0 Å². The normalized spacial score (nSPS) is 10.6. The number of carbonyl (C=O) groups excluding carboxylic acids is 1. The topological polar surface area (TPSA) is 74.5 Å². The first-order valence-corrected chi connectivity index (χ1v) is 10.2. The van der Waals surface area contributed by atoms with Crippen LogP contribution in [0.1, 0.15) is 22.3 Å². The van der Waals surface area contributed by atoms with Gasteiger partial charge in [0.05, 0.1) is 24.3 Å². The number of hydrazone groups is 1. The van der Waals surface area contributed by atoms with E-state index in [0.717, 1.165) is 15.6 Å². The SMILES string of the molecule is N#Cc1ccccc1COc1ccc(Cl)cc1/C=N\NC(=O)Cc1ccc(Br)cc1. The van der Waals surface area contributed by atoms with Gasteiger partial charge in [-0.05, 0) is 42.0 Å². The summed E-state index contributed by atoms with van der Waals surface area (Å²) in [5.74, 6) is 0.305. The zero-order valence-electron chi connectivity index (χ0n) is 15.8. The van der Waals surface area contributed by atoms with Crippen LogP contribution >= 0.6 is 27.5 Å². The summed E-state index contributed by atoms with van der Waals surface area (Å²) in [4.78, 5) is 12.1. The van der Waals surface area contributed by atoms with E-state index in [1.807, 2.05) is 36.4 Å². The number of benzene rings is 3. The van der Waals surface area contributed by atoms with E-state index >= 15 is 0 Å². The van der Waals surface area contributed by atoms with Gasteiger partial charge in [-0.15, -0.1) is 0 Å². The first-order chi connectivity index (χ1) is 14.5. The van der Waals surface area contributed by atoms with Gasteiger partial charge in [0, 0.05) is 20.6 Å². The fourth-order valence-electron chi connectivity index (χ4n) is 2.66. The zero-order chi connectivity index (χ0) is 21.3. The molecule has 5 nitrogen and oxygen atoms in total. The third kappa shape index (κ3) is 6.18. The predicted molar refractivity (Wildman–Crippen MR) is 121 cm³/mol. The average Bonchev–Trinajstić information content (AvgIpc) is 2.75. The Morgan fingerprint density at radius 1 is 1.17 bits per heavy atom. The van der Waals surface area contributed by atoms with Crippen molar-refractivity contribution in [3.05, 3.63) is 98.5 Å². The highest BCUT2D eigenvalue weighted by molar-refractivity contribution is 9.10. The maximum absolute atomic E-state index is 12.1. The van der Waals surface area contributed by atoms with Crippen LogP contribution in [0.2, 0.25) is 5.02 Å². The standard InChI is InChI=1S/C23H17BrClN3O2/c24-20-7-5-16(6-8-20)11-23(29)28-27-14-19-12-21(25)9-10-22(19)30-15-18-4-2-1-3-17(18)13-26/h1-10,12,14H,11,15H2,(H,28,29)/b27-14-. The number of hydrogen-bond acceptors (Lipinski definition) is 4. The number of hydrogen-bond donors (Lipinski definition) is 1. The third-order valence-corrected chi connectivity index (χ3v) is 4.93. The van der Waals surface area contributed by atoms with E-state index in [0.29, 0.717) is 21.9 Å². The van der Waals surface area contributed by atoms with Crippen LogP contribution in [-0.4, -0.2) is 12.1 Å². The fourth-order valence-corrected chi connectivity index (χ4v) is 3.11. The van der Waals surface area contributed by atoms with Gasteiger partial charge >= 0.3 is 0 Å². The minimum atomic E-state index is -0.235. The van der Waals surface area contributed by atoms with Crippen LogP contribution in [0.25, 0.3) is 0 Å². The summed E-state index contributed by atoms with van der Waals surface area (Å²) in [6, 6.07) is 22.0. The molecule has 0 fully saturated rings. The molecule has 0 aliphatic heterocycles. The molecular formula is C23H17BrClN3O2. The third-order valence-electron chi connectivity index (χ3n) is 4.16. The fraction of sp³-hybridized carbons (Fsp3) is 0.0870. The van der Waals surface area contributed by atoms with Crippen molar-refractivity contribution >= 4 is 39.7 Å². The van der Waals surface area contributed by atoms with Gasteiger partial charge in [-0.1, -0.05) is 57.9 Å². The Morgan fingerprint density at radius 3 is 2.70 bits per heavy atom. The van der Waals surface area contributed by atoms with Gasteiger partial charge in [-0.25, -0.2) is 5.43 Å². The van der Waals surface area contributed by atoms with Crippen molar-refractivity contribution in [3.8, 4) is 11.8 Å². The number of ether oxygens (including phenoxy) is 1.